The monoisotopic (exact) mass is 256 g/mol. The molecule has 0 radical (unpaired) electrons. The summed E-state index contributed by atoms with van der Waals surface area (Å²) >= 11 is 1.43. The minimum atomic E-state index is 0.397. The highest BCUT2D eigenvalue weighted by molar-refractivity contribution is 7.10. The van der Waals surface area contributed by atoms with Gasteiger partial charge in [0.25, 0.3) is 0 Å². The van der Waals surface area contributed by atoms with Crippen LogP contribution in [-0.2, 0) is 11.3 Å². The van der Waals surface area contributed by atoms with Gasteiger partial charge in [-0.1, -0.05) is 4.49 Å². The van der Waals surface area contributed by atoms with Gasteiger partial charge in [0, 0.05) is 37.8 Å². The molecule has 1 atom stereocenters. The van der Waals surface area contributed by atoms with E-state index in [9.17, 15) is 0 Å². The minimum Gasteiger partial charge on any atom is -0.377 e. The molecule has 1 aliphatic heterocycles. The number of rotatable bonds is 6. The molecule has 0 spiro atoms. The lowest BCUT2D eigenvalue weighted by Crippen LogP contribution is -2.28. The molecule has 17 heavy (non-hydrogen) atoms. The number of nitrogens with zero attached hydrogens (tertiary/aromatic N) is 3. The van der Waals surface area contributed by atoms with Gasteiger partial charge in [-0.3, -0.25) is 4.90 Å². The first-order valence-electron chi connectivity index (χ1n) is 6.15. The van der Waals surface area contributed by atoms with Gasteiger partial charge in [0.05, 0.1) is 6.10 Å². The van der Waals surface area contributed by atoms with Crippen LogP contribution in [0.25, 0.3) is 0 Å². The summed E-state index contributed by atoms with van der Waals surface area (Å²) in [4.78, 5) is 2.26. The lowest BCUT2D eigenvalue weighted by molar-refractivity contribution is 0.0790. The Bertz CT molecular complexity index is 338. The van der Waals surface area contributed by atoms with E-state index in [1.807, 2.05) is 0 Å². The minimum absolute atomic E-state index is 0.397. The van der Waals surface area contributed by atoms with Crippen molar-refractivity contribution in [2.45, 2.75) is 32.4 Å². The summed E-state index contributed by atoms with van der Waals surface area (Å²) in [5.74, 6) is 0. The Morgan fingerprint density at radius 3 is 3.18 bits per heavy atom. The lowest BCUT2D eigenvalue weighted by Gasteiger charge is -2.19. The summed E-state index contributed by atoms with van der Waals surface area (Å²) in [7, 11) is 2.11. The molecule has 0 aromatic carbocycles. The number of likely N-dealkylation sites (N-methyl/N-ethyl adjacent to an activating group) is 1. The zero-order chi connectivity index (χ0) is 12.1. The standard InChI is InChI=1S/C11H20N4OS/c1-3-12-11-10(13-14-17-11)8-15(2)7-9-5-4-6-16-9/h9,12H,3-8H2,1-2H3. The van der Waals surface area contributed by atoms with Crippen molar-refractivity contribution >= 4 is 16.5 Å². The van der Waals surface area contributed by atoms with Gasteiger partial charge in [-0.25, -0.2) is 0 Å². The van der Waals surface area contributed by atoms with Crippen molar-refractivity contribution in [3.05, 3.63) is 5.69 Å². The Morgan fingerprint density at radius 2 is 2.47 bits per heavy atom. The molecule has 0 bridgehead atoms. The van der Waals surface area contributed by atoms with Gasteiger partial charge < -0.3 is 10.1 Å². The zero-order valence-electron chi connectivity index (χ0n) is 10.5. The first kappa shape index (κ1) is 12.7. The van der Waals surface area contributed by atoms with E-state index in [1.54, 1.807) is 0 Å². The lowest BCUT2D eigenvalue weighted by atomic mass is 10.2. The van der Waals surface area contributed by atoms with Crippen molar-refractivity contribution in [1.29, 1.82) is 0 Å². The molecule has 0 saturated carbocycles. The van der Waals surface area contributed by atoms with Crippen LogP contribution in [0.1, 0.15) is 25.5 Å². The van der Waals surface area contributed by atoms with Gasteiger partial charge in [0.2, 0.25) is 0 Å². The second-order valence-corrected chi connectivity index (χ2v) is 5.16. The molecule has 0 aliphatic carbocycles. The van der Waals surface area contributed by atoms with E-state index in [2.05, 4.69) is 33.8 Å². The molecule has 1 saturated heterocycles. The molecule has 96 valence electrons. The van der Waals surface area contributed by atoms with Gasteiger partial charge >= 0.3 is 0 Å². The quantitative estimate of drug-likeness (QED) is 0.837. The normalized spacial score (nSPS) is 20.1. The predicted octanol–water partition coefficient (Wildman–Crippen LogP) is 1.58. The molecule has 5 nitrogen and oxygen atoms in total. The summed E-state index contributed by atoms with van der Waals surface area (Å²) in [5, 5.41) is 8.55. The first-order chi connectivity index (χ1) is 8.29. The highest BCUT2D eigenvalue weighted by Crippen LogP contribution is 2.19. The molecule has 1 fully saturated rings. The second-order valence-electron chi connectivity index (χ2n) is 4.41. The van der Waals surface area contributed by atoms with Crippen LogP contribution in [0.5, 0.6) is 0 Å². The molecule has 6 heteroatoms. The molecular weight excluding hydrogens is 236 g/mol. The third kappa shape index (κ3) is 3.62. The molecular formula is C11H20N4OS. The average Bonchev–Trinajstić information content (AvgIpc) is 2.92. The van der Waals surface area contributed by atoms with Gasteiger partial charge in [-0.2, -0.15) is 0 Å². The maximum absolute atomic E-state index is 5.63. The maximum atomic E-state index is 5.63. The fourth-order valence-electron chi connectivity index (χ4n) is 2.06. The molecule has 1 N–H and O–H groups in total. The number of hydrogen-bond donors (Lipinski definition) is 1. The van der Waals surface area contributed by atoms with Crippen LogP contribution >= 0.6 is 11.5 Å². The van der Waals surface area contributed by atoms with E-state index in [0.717, 1.165) is 36.9 Å². The smallest absolute Gasteiger partial charge is 0.134 e. The van der Waals surface area contributed by atoms with E-state index in [4.69, 9.17) is 4.74 Å². The number of aromatic nitrogens is 2. The van der Waals surface area contributed by atoms with Gasteiger partial charge in [-0.15, -0.1) is 5.10 Å². The maximum Gasteiger partial charge on any atom is 0.134 e. The molecule has 1 aliphatic rings. The zero-order valence-corrected chi connectivity index (χ0v) is 11.3. The topological polar surface area (TPSA) is 50.3 Å². The van der Waals surface area contributed by atoms with E-state index < -0.39 is 0 Å². The SMILES string of the molecule is CCNc1snnc1CN(C)CC1CCCO1. The molecule has 0 amide bonds. The van der Waals surface area contributed by atoms with Crippen LogP contribution in [0.15, 0.2) is 0 Å². The van der Waals surface area contributed by atoms with Crippen molar-refractivity contribution in [2.75, 3.05) is 32.1 Å². The Morgan fingerprint density at radius 1 is 1.59 bits per heavy atom. The summed E-state index contributed by atoms with van der Waals surface area (Å²) in [5.41, 5.74) is 1.04. The number of ether oxygens (including phenoxy) is 1. The molecule has 2 heterocycles. The third-order valence-electron chi connectivity index (χ3n) is 2.85. The summed E-state index contributed by atoms with van der Waals surface area (Å²) in [6.45, 7) is 5.72. The molecule has 1 unspecified atom stereocenters. The van der Waals surface area contributed by atoms with E-state index in [0.29, 0.717) is 6.10 Å². The number of nitrogens with one attached hydrogen (secondary N) is 1. The van der Waals surface area contributed by atoms with E-state index in [1.165, 1.54) is 24.4 Å². The van der Waals surface area contributed by atoms with Crippen LogP contribution in [0.4, 0.5) is 5.00 Å². The summed E-state index contributed by atoms with van der Waals surface area (Å²) < 4.78 is 9.63. The van der Waals surface area contributed by atoms with Crippen LogP contribution in [0, 0.1) is 0 Å². The Labute approximate surface area is 106 Å². The molecule has 1 aromatic heterocycles. The van der Waals surface area contributed by atoms with Crippen LogP contribution < -0.4 is 5.32 Å². The van der Waals surface area contributed by atoms with Crippen LogP contribution in [0.3, 0.4) is 0 Å². The fourth-order valence-corrected chi connectivity index (χ4v) is 2.70. The summed E-state index contributed by atoms with van der Waals surface area (Å²) in [6, 6.07) is 0. The highest BCUT2D eigenvalue weighted by Gasteiger charge is 2.18. The van der Waals surface area contributed by atoms with E-state index in [-0.39, 0.29) is 0 Å². The van der Waals surface area contributed by atoms with Gasteiger partial charge in [-0.05, 0) is 26.8 Å². The van der Waals surface area contributed by atoms with Gasteiger partial charge in [0.15, 0.2) is 0 Å². The first-order valence-corrected chi connectivity index (χ1v) is 6.92. The van der Waals surface area contributed by atoms with Gasteiger partial charge in [0.1, 0.15) is 10.7 Å². The number of hydrogen-bond acceptors (Lipinski definition) is 6. The Kier molecular flexibility index (Phi) is 4.70. The third-order valence-corrected chi connectivity index (χ3v) is 3.58. The summed E-state index contributed by atoms with van der Waals surface area (Å²) in [6.07, 6.45) is 2.77. The largest absolute Gasteiger partial charge is 0.377 e. The van der Waals surface area contributed by atoms with Crippen molar-refractivity contribution < 1.29 is 4.74 Å². The predicted molar refractivity (Wildman–Crippen MR) is 69.4 cm³/mol. The van der Waals surface area contributed by atoms with Crippen LogP contribution in [0.2, 0.25) is 0 Å². The molecule has 1 aromatic rings. The van der Waals surface area contributed by atoms with Crippen molar-refractivity contribution in [1.82, 2.24) is 14.5 Å². The molecule has 2 rings (SSSR count). The Balaban J connectivity index is 1.83. The van der Waals surface area contributed by atoms with Crippen molar-refractivity contribution in [3.8, 4) is 0 Å². The second kappa shape index (κ2) is 6.28. The average molecular weight is 256 g/mol. The Hall–Kier alpha value is -0.720. The van der Waals surface area contributed by atoms with E-state index >= 15 is 0 Å². The van der Waals surface area contributed by atoms with Crippen LogP contribution in [-0.4, -0.2) is 47.3 Å². The highest BCUT2D eigenvalue weighted by atomic mass is 32.1. The van der Waals surface area contributed by atoms with Crippen molar-refractivity contribution in [2.24, 2.45) is 0 Å². The van der Waals surface area contributed by atoms with Crippen molar-refractivity contribution in [3.63, 3.8) is 0 Å². The number of anilines is 1. The fraction of sp³-hybridized carbons (Fsp3) is 0.818.